The summed E-state index contributed by atoms with van der Waals surface area (Å²) in [4.78, 5) is 13.7. The molecule has 0 aromatic rings. The van der Waals surface area contributed by atoms with E-state index in [9.17, 15) is 4.79 Å². The highest BCUT2D eigenvalue weighted by Gasteiger charge is 2.25. The Balaban J connectivity index is 2.26. The first-order valence-corrected chi connectivity index (χ1v) is 6.25. The number of hydrogen-bond donors (Lipinski definition) is 1. The summed E-state index contributed by atoms with van der Waals surface area (Å²) in [5.41, 5.74) is 5.88. The predicted molar refractivity (Wildman–Crippen MR) is 65.6 cm³/mol. The van der Waals surface area contributed by atoms with Gasteiger partial charge in [0.25, 0.3) is 0 Å². The Morgan fingerprint density at radius 2 is 2.29 bits per heavy atom. The summed E-state index contributed by atoms with van der Waals surface area (Å²) in [5, 5.41) is 0. The highest BCUT2D eigenvalue weighted by Crippen LogP contribution is 2.18. The molecule has 1 aliphatic rings. The van der Waals surface area contributed by atoms with Crippen LogP contribution < -0.4 is 5.73 Å². The molecule has 2 N–H and O–H groups in total. The van der Waals surface area contributed by atoms with Crippen molar-refractivity contribution in [3.05, 3.63) is 0 Å². The maximum absolute atomic E-state index is 11.8. The van der Waals surface area contributed by atoms with Crippen LogP contribution in [0.15, 0.2) is 0 Å². The summed E-state index contributed by atoms with van der Waals surface area (Å²) in [7, 11) is 1.61. The molecule has 0 aromatic heterocycles. The quantitative estimate of drug-likeness (QED) is 0.680. The highest BCUT2D eigenvalue weighted by molar-refractivity contribution is 5.77. The van der Waals surface area contributed by atoms with Crippen LogP contribution in [0.3, 0.4) is 0 Å². The fourth-order valence-corrected chi connectivity index (χ4v) is 2.06. The molecule has 1 heterocycles. The number of nitrogens with zero attached hydrogens (tertiary/aromatic N) is 1. The van der Waals surface area contributed by atoms with Crippen molar-refractivity contribution in [2.24, 2.45) is 11.7 Å². The van der Waals surface area contributed by atoms with Crippen LogP contribution in [0, 0.1) is 5.92 Å². The van der Waals surface area contributed by atoms with E-state index in [4.69, 9.17) is 15.2 Å². The maximum atomic E-state index is 11.8. The fraction of sp³-hybridized carbons (Fsp3) is 0.917. The first-order valence-electron chi connectivity index (χ1n) is 6.25. The summed E-state index contributed by atoms with van der Waals surface area (Å²) in [6, 6.07) is 0.153. The highest BCUT2D eigenvalue weighted by atomic mass is 16.5. The zero-order chi connectivity index (χ0) is 12.7. The van der Waals surface area contributed by atoms with Gasteiger partial charge in [0.1, 0.15) is 6.61 Å². The summed E-state index contributed by atoms with van der Waals surface area (Å²) in [6.07, 6.45) is 2.15. The van der Waals surface area contributed by atoms with Gasteiger partial charge in [-0.15, -0.1) is 0 Å². The predicted octanol–water partition coefficient (Wildman–Crippen LogP) is 0.235. The van der Waals surface area contributed by atoms with Crippen LogP contribution >= 0.6 is 0 Å². The topological polar surface area (TPSA) is 64.8 Å². The van der Waals surface area contributed by atoms with Gasteiger partial charge in [0.15, 0.2) is 0 Å². The number of carbonyl (C=O) groups is 1. The van der Waals surface area contributed by atoms with E-state index in [2.05, 4.69) is 0 Å². The van der Waals surface area contributed by atoms with E-state index < -0.39 is 0 Å². The van der Waals surface area contributed by atoms with Gasteiger partial charge in [-0.3, -0.25) is 4.79 Å². The molecular formula is C12H24N2O3. The molecule has 1 aliphatic heterocycles. The largest absolute Gasteiger partial charge is 0.382 e. The number of rotatable bonds is 6. The summed E-state index contributed by atoms with van der Waals surface area (Å²) in [5.74, 6) is 0.484. The maximum Gasteiger partial charge on any atom is 0.248 e. The third kappa shape index (κ3) is 5.02. The first-order chi connectivity index (χ1) is 8.15. The second-order valence-corrected chi connectivity index (χ2v) is 4.65. The molecule has 0 saturated carbocycles. The Morgan fingerprint density at radius 1 is 1.53 bits per heavy atom. The van der Waals surface area contributed by atoms with Gasteiger partial charge < -0.3 is 20.1 Å². The third-order valence-electron chi connectivity index (χ3n) is 3.21. The van der Waals surface area contributed by atoms with E-state index >= 15 is 0 Å². The number of ether oxygens (including phenoxy) is 2. The number of carbonyl (C=O) groups excluding carboxylic acids is 1. The van der Waals surface area contributed by atoms with Crippen LogP contribution in [0.25, 0.3) is 0 Å². The molecule has 1 rings (SSSR count). The van der Waals surface area contributed by atoms with Crippen LogP contribution in [0.5, 0.6) is 0 Å². The smallest absolute Gasteiger partial charge is 0.248 e. The van der Waals surface area contributed by atoms with Crippen LogP contribution in [-0.2, 0) is 14.3 Å². The Kier molecular flexibility index (Phi) is 6.47. The molecule has 0 bridgehead atoms. The van der Waals surface area contributed by atoms with Crippen molar-refractivity contribution in [2.45, 2.75) is 25.8 Å². The SMILES string of the molecule is COCCOCC(=O)N1CCCC(C(C)N)C1. The van der Waals surface area contributed by atoms with E-state index in [1.165, 1.54) is 0 Å². The van der Waals surface area contributed by atoms with Gasteiger partial charge in [0.05, 0.1) is 13.2 Å². The lowest BCUT2D eigenvalue weighted by Crippen LogP contribution is -2.46. The average molecular weight is 244 g/mol. The summed E-state index contributed by atoms with van der Waals surface area (Å²) >= 11 is 0. The number of amides is 1. The molecule has 0 radical (unpaired) electrons. The van der Waals surface area contributed by atoms with Crippen molar-refractivity contribution >= 4 is 5.91 Å². The molecule has 5 nitrogen and oxygen atoms in total. The molecule has 17 heavy (non-hydrogen) atoms. The first kappa shape index (κ1) is 14.4. The number of methoxy groups -OCH3 is 1. The normalized spacial score (nSPS) is 22.5. The van der Waals surface area contributed by atoms with Gasteiger partial charge >= 0.3 is 0 Å². The third-order valence-corrected chi connectivity index (χ3v) is 3.21. The minimum Gasteiger partial charge on any atom is -0.382 e. The molecule has 1 saturated heterocycles. The number of likely N-dealkylation sites (tertiary alicyclic amines) is 1. The van der Waals surface area contributed by atoms with E-state index in [0.29, 0.717) is 19.1 Å². The Bertz CT molecular complexity index is 234. The van der Waals surface area contributed by atoms with Crippen molar-refractivity contribution in [1.29, 1.82) is 0 Å². The Hall–Kier alpha value is -0.650. The summed E-state index contributed by atoms with van der Waals surface area (Å²) < 4.78 is 10.1. The van der Waals surface area contributed by atoms with Crippen LogP contribution in [0.4, 0.5) is 0 Å². The van der Waals surface area contributed by atoms with Gasteiger partial charge in [-0.1, -0.05) is 0 Å². The van der Waals surface area contributed by atoms with Crippen molar-refractivity contribution < 1.29 is 14.3 Å². The minimum absolute atomic E-state index is 0.0615. The zero-order valence-corrected chi connectivity index (χ0v) is 10.9. The summed E-state index contributed by atoms with van der Waals surface area (Å²) in [6.45, 7) is 4.74. The van der Waals surface area contributed by atoms with Gasteiger partial charge in [-0.2, -0.15) is 0 Å². The molecule has 2 atom stereocenters. The zero-order valence-electron chi connectivity index (χ0n) is 10.9. The van der Waals surface area contributed by atoms with Crippen molar-refractivity contribution in [3.8, 4) is 0 Å². The Morgan fingerprint density at radius 3 is 2.94 bits per heavy atom. The molecule has 1 amide bonds. The second-order valence-electron chi connectivity index (χ2n) is 4.65. The van der Waals surface area contributed by atoms with Gasteiger partial charge in [-0.25, -0.2) is 0 Å². The number of piperidine rings is 1. The molecule has 0 aliphatic carbocycles. The van der Waals surface area contributed by atoms with Gasteiger partial charge in [-0.05, 0) is 25.7 Å². The fourth-order valence-electron chi connectivity index (χ4n) is 2.06. The second kappa shape index (κ2) is 7.63. The number of nitrogens with two attached hydrogens (primary N) is 1. The number of hydrogen-bond acceptors (Lipinski definition) is 4. The average Bonchev–Trinajstić information content (AvgIpc) is 2.34. The standard InChI is InChI=1S/C12H24N2O3/c1-10(13)11-4-3-5-14(8-11)12(15)9-17-7-6-16-2/h10-11H,3-9,13H2,1-2H3. The molecule has 0 aromatic carbocycles. The van der Waals surface area contributed by atoms with Crippen molar-refractivity contribution in [1.82, 2.24) is 4.90 Å². The van der Waals surface area contributed by atoms with Gasteiger partial charge in [0, 0.05) is 26.2 Å². The lowest BCUT2D eigenvalue weighted by Gasteiger charge is -2.34. The van der Waals surface area contributed by atoms with Crippen LogP contribution in [-0.4, -0.2) is 56.9 Å². The van der Waals surface area contributed by atoms with Crippen molar-refractivity contribution in [2.75, 3.05) is 40.0 Å². The Labute approximate surface area is 103 Å². The minimum atomic E-state index is 0.0615. The lowest BCUT2D eigenvalue weighted by molar-refractivity contribution is -0.138. The lowest BCUT2D eigenvalue weighted by atomic mass is 9.92. The van der Waals surface area contributed by atoms with E-state index in [-0.39, 0.29) is 18.6 Å². The molecule has 2 unspecified atom stereocenters. The molecule has 100 valence electrons. The molecule has 1 fully saturated rings. The van der Waals surface area contributed by atoms with E-state index in [1.54, 1.807) is 7.11 Å². The van der Waals surface area contributed by atoms with Crippen LogP contribution in [0.1, 0.15) is 19.8 Å². The van der Waals surface area contributed by atoms with E-state index in [1.807, 2.05) is 11.8 Å². The van der Waals surface area contributed by atoms with Crippen LogP contribution in [0.2, 0.25) is 0 Å². The van der Waals surface area contributed by atoms with Crippen molar-refractivity contribution in [3.63, 3.8) is 0 Å². The molecular weight excluding hydrogens is 220 g/mol. The van der Waals surface area contributed by atoms with E-state index in [0.717, 1.165) is 25.9 Å². The molecule has 5 heteroatoms. The monoisotopic (exact) mass is 244 g/mol. The molecule has 0 spiro atoms. The van der Waals surface area contributed by atoms with Gasteiger partial charge in [0.2, 0.25) is 5.91 Å².